The van der Waals surface area contributed by atoms with Crippen molar-refractivity contribution in [3.8, 4) is 0 Å². The molecule has 1 saturated heterocycles. The predicted molar refractivity (Wildman–Crippen MR) is 88.2 cm³/mol. The molecule has 1 aliphatic heterocycles. The largest absolute Gasteiger partial charge is 0.339 e. The monoisotopic (exact) mass is 348 g/mol. The normalized spacial score (nSPS) is 14.8. The van der Waals surface area contributed by atoms with E-state index in [-0.39, 0.29) is 18.4 Å². The molecule has 24 heavy (non-hydrogen) atoms. The minimum Gasteiger partial charge on any atom is -0.339 e. The molecule has 2 aromatic rings. The Labute approximate surface area is 144 Å². The zero-order chi connectivity index (χ0) is 16.8. The van der Waals surface area contributed by atoms with E-state index < -0.39 is 0 Å². The first-order chi connectivity index (χ1) is 11.7. The fourth-order valence-corrected chi connectivity index (χ4v) is 3.47. The summed E-state index contributed by atoms with van der Waals surface area (Å²) in [6.07, 6.45) is 3.81. The molecule has 0 aromatic carbocycles. The zero-order valence-electron chi connectivity index (χ0n) is 13.4. The van der Waals surface area contributed by atoms with Gasteiger partial charge >= 0.3 is 0 Å². The summed E-state index contributed by atoms with van der Waals surface area (Å²) in [5, 5.41) is 12.8. The van der Waals surface area contributed by atoms with Crippen LogP contribution in [0.5, 0.6) is 0 Å². The number of aromatic nitrogens is 4. The van der Waals surface area contributed by atoms with Gasteiger partial charge in [0.1, 0.15) is 12.9 Å². The minimum atomic E-state index is -0.0212. The summed E-state index contributed by atoms with van der Waals surface area (Å²) in [5.41, 5.74) is 0. The van der Waals surface area contributed by atoms with Crippen LogP contribution in [0.25, 0.3) is 0 Å². The van der Waals surface area contributed by atoms with Crippen molar-refractivity contribution in [3.05, 3.63) is 28.7 Å². The summed E-state index contributed by atoms with van der Waals surface area (Å²) >= 11 is 1.73. The highest BCUT2D eigenvalue weighted by atomic mass is 32.1. The smallest absolute Gasteiger partial charge is 0.244 e. The lowest BCUT2D eigenvalue weighted by molar-refractivity contribution is -0.140. The van der Waals surface area contributed by atoms with Crippen LogP contribution in [0.1, 0.15) is 17.7 Å². The molecule has 0 saturated carbocycles. The number of thiophene rings is 1. The lowest BCUT2D eigenvalue weighted by Gasteiger charge is -2.34. The predicted octanol–water partition coefficient (Wildman–Crippen LogP) is 0.428. The third kappa shape index (κ3) is 4.38. The lowest BCUT2D eigenvalue weighted by atomic mass is 10.2. The van der Waals surface area contributed by atoms with Crippen molar-refractivity contribution >= 4 is 23.2 Å². The molecule has 0 N–H and O–H groups in total. The van der Waals surface area contributed by atoms with Crippen LogP contribution in [-0.4, -0.2) is 68.0 Å². The maximum atomic E-state index is 12.3. The van der Waals surface area contributed by atoms with Crippen molar-refractivity contribution in [2.75, 3.05) is 26.2 Å². The van der Waals surface area contributed by atoms with Gasteiger partial charge in [-0.25, -0.2) is 4.68 Å². The van der Waals surface area contributed by atoms with E-state index in [0.717, 1.165) is 12.8 Å². The zero-order valence-corrected chi connectivity index (χ0v) is 14.2. The molecule has 1 aliphatic rings. The van der Waals surface area contributed by atoms with Gasteiger partial charge in [0.05, 0.1) is 0 Å². The Kier molecular flexibility index (Phi) is 5.52. The van der Waals surface area contributed by atoms with Gasteiger partial charge in [0.2, 0.25) is 11.8 Å². The molecular weight excluding hydrogens is 328 g/mol. The highest BCUT2D eigenvalue weighted by Crippen LogP contribution is 2.13. The summed E-state index contributed by atoms with van der Waals surface area (Å²) in [6, 6.07) is 4.14. The van der Waals surface area contributed by atoms with E-state index >= 15 is 0 Å². The molecule has 0 unspecified atom stereocenters. The second-order valence-corrected chi connectivity index (χ2v) is 6.73. The van der Waals surface area contributed by atoms with Crippen molar-refractivity contribution in [2.24, 2.45) is 0 Å². The van der Waals surface area contributed by atoms with Crippen LogP contribution in [0.15, 0.2) is 23.8 Å². The third-order valence-corrected chi connectivity index (χ3v) is 5.00. The standard InChI is InChI=1S/C15H20N6O2S/c22-14(5-1-3-13-4-2-10-24-13)19-6-8-20(9-7-19)15(23)11-21-12-16-17-18-21/h2,4,10,12H,1,3,5-9,11H2. The van der Waals surface area contributed by atoms with Crippen LogP contribution in [0.4, 0.5) is 0 Å². The topological polar surface area (TPSA) is 84.2 Å². The maximum absolute atomic E-state index is 12.3. The van der Waals surface area contributed by atoms with Gasteiger partial charge in [-0.3, -0.25) is 9.59 Å². The van der Waals surface area contributed by atoms with E-state index in [1.807, 2.05) is 11.0 Å². The number of nitrogens with zero attached hydrogens (tertiary/aromatic N) is 6. The van der Waals surface area contributed by atoms with Crippen molar-refractivity contribution < 1.29 is 9.59 Å². The van der Waals surface area contributed by atoms with E-state index in [1.165, 1.54) is 15.9 Å². The number of aryl methyl sites for hydroxylation is 1. The molecule has 0 spiro atoms. The Balaban J connectivity index is 1.38. The molecule has 8 nitrogen and oxygen atoms in total. The number of carbonyl (C=O) groups excluding carboxylic acids is 2. The van der Waals surface area contributed by atoms with Gasteiger partial charge in [-0.2, -0.15) is 0 Å². The summed E-state index contributed by atoms with van der Waals surface area (Å²) in [6.45, 7) is 2.47. The first-order valence-corrected chi connectivity index (χ1v) is 8.89. The Morgan fingerprint density at radius 1 is 1.12 bits per heavy atom. The fraction of sp³-hybridized carbons (Fsp3) is 0.533. The number of amides is 2. The molecule has 0 aliphatic carbocycles. The van der Waals surface area contributed by atoms with E-state index in [2.05, 4.69) is 27.0 Å². The molecule has 0 atom stereocenters. The molecule has 2 amide bonds. The van der Waals surface area contributed by atoms with Gasteiger partial charge in [-0.05, 0) is 34.7 Å². The minimum absolute atomic E-state index is 0.0212. The maximum Gasteiger partial charge on any atom is 0.244 e. The molecule has 3 heterocycles. The van der Waals surface area contributed by atoms with Crippen molar-refractivity contribution in [1.29, 1.82) is 0 Å². The molecule has 0 bridgehead atoms. The van der Waals surface area contributed by atoms with Gasteiger partial charge in [0.15, 0.2) is 0 Å². The second kappa shape index (κ2) is 8.00. The van der Waals surface area contributed by atoms with Crippen LogP contribution in [0, 0.1) is 0 Å². The number of piperazine rings is 1. The van der Waals surface area contributed by atoms with Crippen molar-refractivity contribution in [3.63, 3.8) is 0 Å². The van der Waals surface area contributed by atoms with E-state index in [9.17, 15) is 9.59 Å². The number of hydrogen-bond donors (Lipinski definition) is 0. The average molecular weight is 348 g/mol. The van der Waals surface area contributed by atoms with Gasteiger partial charge in [0, 0.05) is 37.5 Å². The van der Waals surface area contributed by atoms with E-state index in [1.54, 1.807) is 16.2 Å². The quantitative estimate of drug-likeness (QED) is 0.756. The highest BCUT2D eigenvalue weighted by molar-refractivity contribution is 7.09. The Morgan fingerprint density at radius 2 is 1.88 bits per heavy atom. The van der Waals surface area contributed by atoms with Crippen molar-refractivity contribution in [1.82, 2.24) is 30.0 Å². The molecule has 9 heteroatoms. The fourth-order valence-electron chi connectivity index (χ4n) is 2.72. The lowest BCUT2D eigenvalue weighted by Crippen LogP contribution is -2.51. The number of rotatable bonds is 6. The van der Waals surface area contributed by atoms with Gasteiger partial charge in [-0.1, -0.05) is 6.07 Å². The molecule has 128 valence electrons. The summed E-state index contributed by atoms with van der Waals surface area (Å²) < 4.78 is 1.41. The third-order valence-electron chi connectivity index (χ3n) is 4.07. The SMILES string of the molecule is O=C(CCCc1cccs1)N1CCN(C(=O)Cn2cnnn2)CC1. The van der Waals surface area contributed by atoms with Crippen LogP contribution in [-0.2, 0) is 22.6 Å². The molecule has 2 aromatic heterocycles. The van der Waals surface area contributed by atoms with E-state index in [0.29, 0.717) is 32.6 Å². The first kappa shape index (κ1) is 16.6. The van der Waals surface area contributed by atoms with Gasteiger partial charge in [0.25, 0.3) is 0 Å². The number of carbonyl (C=O) groups is 2. The van der Waals surface area contributed by atoms with Crippen LogP contribution < -0.4 is 0 Å². The average Bonchev–Trinajstić information content (AvgIpc) is 3.29. The highest BCUT2D eigenvalue weighted by Gasteiger charge is 2.24. The number of tetrazole rings is 1. The van der Waals surface area contributed by atoms with Crippen LogP contribution in [0.2, 0.25) is 0 Å². The summed E-state index contributed by atoms with van der Waals surface area (Å²) in [7, 11) is 0. The number of hydrogen-bond acceptors (Lipinski definition) is 6. The molecule has 1 fully saturated rings. The molecule has 3 rings (SSSR count). The van der Waals surface area contributed by atoms with E-state index in [4.69, 9.17) is 0 Å². The Hall–Kier alpha value is -2.29. The first-order valence-electron chi connectivity index (χ1n) is 8.01. The Morgan fingerprint density at radius 3 is 2.50 bits per heavy atom. The van der Waals surface area contributed by atoms with Gasteiger partial charge < -0.3 is 9.80 Å². The van der Waals surface area contributed by atoms with Crippen LogP contribution >= 0.6 is 11.3 Å². The summed E-state index contributed by atoms with van der Waals surface area (Å²) in [4.78, 5) is 29.3. The summed E-state index contributed by atoms with van der Waals surface area (Å²) in [5.74, 6) is 0.159. The molecular formula is C15H20N6O2S. The van der Waals surface area contributed by atoms with Crippen molar-refractivity contribution in [2.45, 2.75) is 25.8 Å². The van der Waals surface area contributed by atoms with Gasteiger partial charge in [-0.15, -0.1) is 16.4 Å². The molecule has 0 radical (unpaired) electrons. The Bertz CT molecular complexity index is 650. The second-order valence-electron chi connectivity index (χ2n) is 5.70. The van der Waals surface area contributed by atoms with Crippen LogP contribution in [0.3, 0.4) is 0 Å².